The predicted octanol–water partition coefficient (Wildman–Crippen LogP) is 2.07. The smallest absolute Gasteiger partial charge is 0.150 e. The highest BCUT2D eigenvalue weighted by Gasteiger charge is 2.02. The monoisotopic (exact) mass is 188 g/mol. The Balaban J connectivity index is 2.97. The zero-order valence-corrected chi connectivity index (χ0v) is 8.12. The summed E-state index contributed by atoms with van der Waals surface area (Å²) in [6.45, 7) is 0. The maximum atomic E-state index is 10.7. The zero-order chi connectivity index (χ0) is 10.4. The standard InChI is InChI=1S/C12H12O2/c1-3-4-5-10-8-12(14-2)7-6-11(10)9-13/h1,6-9H,4-5H2,2H3. The van der Waals surface area contributed by atoms with Gasteiger partial charge in [-0.05, 0) is 30.2 Å². The van der Waals surface area contributed by atoms with E-state index >= 15 is 0 Å². The van der Waals surface area contributed by atoms with Crippen LogP contribution >= 0.6 is 0 Å². The van der Waals surface area contributed by atoms with Gasteiger partial charge in [0.25, 0.3) is 0 Å². The van der Waals surface area contributed by atoms with Crippen LogP contribution in [0.2, 0.25) is 0 Å². The normalized spacial score (nSPS) is 9.14. The van der Waals surface area contributed by atoms with Crippen LogP contribution in [0.1, 0.15) is 22.3 Å². The van der Waals surface area contributed by atoms with Crippen LogP contribution in [0.5, 0.6) is 5.75 Å². The fourth-order valence-electron chi connectivity index (χ4n) is 1.25. The summed E-state index contributed by atoms with van der Waals surface area (Å²) < 4.78 is 5.07. The van der Waals surface area contributed by atoms with E-state index in [2.05, 4.69) is 5.92 Å². The van der Waals surface area contributed by atoms with E-state index in [0.29, 0.717) is 18.4 Å². The number of carbonyl (C=O) groups is 1. The van der Waals surface area contributed by atoms with E-state index in [1.807, 2.05) is 6.07 Å². The van der Waals surface area contributed by atoms with E-state index < -0.39 is 0 Å². The Morgan fingerprint density at radius 1 is 1.57 bits per heavy atom. The van der Waals surface area contributed by atoms with E-state index in [9.17, 15) is 4.79 Å². The number of ether oxygens (including phenoxy) is 1. The summed E-state index contributed by atoms with van der Waals surface area (Å²) in [5.74, 6) is 3.30. The van der Waals surface area contributed by atoms with Crippen molar-refractivity contribution < 1.29 is 9.53 Å². The van der Waals surface area contributed by atoms with Gasteiger partial charge >= 0.3 is 0 Å². The molecule has 0 radical (unpaired) electrons. The number of hydrogen-bond acceptors (Lipinski definition) is 2. The first-order valence-corrected chi connectivity index (χ1v) is 4.37. The molecule has 0 aliphatic carbocycles. The van der Waals surface area contributed by atoms with Crippen LogP contribution in [0, 0.1) is 12.3 Å². The van der Waals surface area contributed by atoms with Crippen molar-refractivity contribution in [2.24, 2.45) is 0 Å². The molecule has 0 aliphatic heterocycles. The second kappa shape index (κ2) is 5.08. The highest BCUT2D eigenvalue weighted by Crippen LogP contribution is 2.17. The van der Waals surface area contributed by atoms with Crippen molar-refractivity contribution in [1.29, 1.82) is 0 Å². The third-order valence-corrected chi connectivity index (χ3v) is 2.02. The van der Waals surface area contributed by atoms with Gasteiger partial charge in [0, 0.05) is 12.0 Å². The van der Waals surface area contributed by atoms with Gasteiger partial charge in [-0.15, -0.1) is 12.3 Å². The lowest BCUT2D eigenvalue weighted by atomic mass is 10.0. The summed E-state index contributed by atoms with van der Waals surface area (Å²) in [4.78, 5) is 10.7. The molecule has 0 saturated carbocycles. The first kappa shape index (κ1) is 10.3. The molecule has 14 heavy (non-hydrogen) atoms. The molecular formula is C12H12O2. The third-order valence-electron chi connectivity index (χ3n) is 2.02. The average molecular weight is 188 g/mol. The maximum Gasteiger partial charge on any atom is 0.150 e. The van der Waals surface area contributed by atoms with Gasteiger partial charge in [0.15, 0.2) is 0 Å². The van der Waals surface area contributed by atoms with Crippen LogP contribution in [0.4, 0.5) is 0 Å². The van der Waals surface area contributed by atoms with Crippen molar-refractivity contribution in [2.75, 3.05) is 7.11 Å². The summed E-state index contributed by atoms with van der Waals surface area (Å²) in [5.41, 5.74) is 1.62. The van der Waals surface area contributed by atoms with Gasteiger partial charge < -0.3 is 4.74 Å². The van der Waals surface area contributed by atoms with E-state index in [1.165, 1.54) is 0 Å². The van der Waals surface area contributed by atoms with Gasteiger partial charge in [-0.2, -0.15) is 0 Å². The number of hydrogen-bond donors (Lipinski definition) is 0. The van der Waals surface area contributed by atoms with E-state index in [4.69, 9.17) is 11.2 Å². The molecule has 2 heteroatoms. The van der Waals surface area contributed by atoms with Crippen molar-refractivity contribution in [1.82, 2.24) is 0 Å². The molecule has 0 atom stereocenters. The number of carbonyl (C=O) groups excluding carboxylic acids is 1. The molecule has 0 fully saturated rings. The number of aryl methyl sites for hydroxylation is 1. The van der Waals surface area contributed by atoms with Gasteiger partial charge in [-0.25, -0.2) is 0 Å². The first-order valence-electron chi connectivity index (χ1n) is 4.37. The number of methoxy groups -OCH3 is 1. The summed E-state index contributed by atoms with van der Waals surface area (Å²) in [6.07, 6.45) is 7.35. The van der Waals surface area contributed by atoms with Crippen LogP contribution in [0.25, 0.3) is 0 Å². The molecule has 1 aromatic carbocycles. The molecule has 0 unspecified atom stereocenters. The Morgan fingerprint density at radius 3 is 2.93 bits per heavy atom. The topological polar surface area (TPSA) is 26.3 Å². The Labute approximate surface area is 83.9 Å². The summed E-state index contributed by atoms with van der Waals surface area (Å²) in [5, 5.41) is 0. The molecule has 0 aliphatic rings. The van der Waals surface area contributed by atoms with Crippen molar-refractivity contribution in [3.05, 3.63) is 29.3 Å². The van der Waals surface area contributed by atoms with Crippen molar-refractivity contribution in [3.8, 4) is 18.1 Å². The molecular weight excluding hydrogens is 176 g/mol. The second-order valence-electron chi connectivity index (χ2n) is 2.89. The predicted molar refractivity (Wildman–Crippen MR) is 55.5 cm³/mol. The minimum atomic E-state index is 0.633. The van der Waals surface area contributed by atoms with Crippen LogP contribution in [-0.2, 0) is 6.42 Å². The number of aldehydes is 1. The van der Waals surface area contributed by atoms with Gasteiger partial charge in [0.1, 0.15) is 12.0 Å². The Hall–Kier alpha value is -1.75. The lowest BCUT2D eigenvalue weighted by Gasteiger charge is -2.05. The van der Waals surface area contributed by atoms with Crippen LogP contribution in [-0.4, -0.2) is 13.4 Å². The van der Waals surface area contributed by atoms with Crippen LogP contribution in [0.3, 0.4) is 0 Å². The molecule has 0 heterocycles. The number of benzene rings is 1. The van der Waals surface area contributed by atoms with Gasteiger partial charge in [-0.1, -0.05) is 0 Å². The Bertz CT molecular complexity index is 361. The second-order valence-corrected chi connectivity index (χ2v) is 2.89. The fraction of sp³-hybridized carbons (Fsp3) is 0.250. The van der Waals surface area contributed by atoms with Crippen molar-refractivity contribution in [3.63, 3.8) is 0 Å². The quantitative estimate of drug-likeness (QED) is 0.534. The molecule has 0 N–H and O–H groups in total. The average Bonchev–Trinajstić information content (AvgIpc) is 2.25. The van der Waals surface area contributed by atoms with Gasteiger partial charge in [0.2, 0.25) is 0 Å². The van der Waals surface area contributed by atoms with Crippen molar-refractivity contribution >= 4 is 6.29 Å². The number of terminal acetylenes is 1. The zero-order valence-electron chi connectivity index (χ0n) is 8.12. The van der Waals surface area contributed by atoms with E-state index in [1.54, 1.807) is 19.2 Å². The van der Waals surface area contributed by atoms with Gasteiger partial charge in [0.05, 0.1) is 7.11 Å². The highest BCUT2D eigenvalue weighted by atomic mass is 16.5. The van der Waals surface area contributed by atoms with Crippen molar-refractivity contribution in [2.45, 2.75) is 12.8 Å². The largest absolute Gasteiger partial charge is 0.497 e. The molecule has 2 nitrogen and oxygen atoms in total. The Kier molecular flexibility index (Phi) is 3.75. The molecule has 0 amide bonds. The van der Waals surface area contributed by atoms with E-state index in [0.717, 1.165) is 17.6 Å². The van der Waals surface area contributed by atoms with E-state index in [-0.39, 0.29) is 0 Å². The fourth-order valence-corrected chi connectivity index (χ4v) is 1.25. The minimum absolute atomic E-state index is 0.633. The molecule has 0 aromatic heterocycles. The maximum absolute atomic E-state index is 10.7. The molecule has 0 spiro atoms. The first-order chi connectivity index (χ1) is 6.81. The molecule has 0 bridgehead atoms. The lowest BCUT2D eigenvalue weighted by molar-refractivity contribution is 0.112. The molecule has 1 aromatic rings. The molecule has 72 valence electrons. The molecule has 1 rings (SSSR count). The summed E-state index contributed by atoms with van der Waals surface area (Å²) >= 11 is 0. The summed E-state index contributed by atoms with van der Waals surface area (Å²) in [7, 11) is 1.60. The van der Waals surface area contributed by atoms with Crippen LogP contribution < -0.4 is 4.74 Å². The van der Waals surface area contributed by atoms with Crippen LogP contribution in [0.15, 0.2) is 18.2 Å². The summed E-state index contributed by atoms with van der Waals surface area (Å²) in [6, 6.07) is 5.36. The SMILES string of the molecule is C#CCCc1cc(OC)ccc1C=O. The molecule has 0 saturated heterocycles. The highest BCUT2D eigenvalue weighted by molar-refractivity contribution is 5.77. The minimum Gasteiger partial charge on any atom is -0.497 e. The van der Waals surface area contributed by atoms with Gasteiger partial charge in [-0.3, -0.25) is 4.79 Å². The number of rotatable bonds is 4. The third kappa shape index (κ3) is 2.37. The lowest BCUT2D eigenvalue weighted by Crippen LogP contribution is -1.94. The Morgan fingerprint density at radius 2 is 2.36 bits per heavy atom.